The van der Waals surface area contributed by atoms with Gasteiger partial charge in [0.2, 0.25) is 5.91 Å². The molecule has 0 spiro atoms. The van der Waals surface area contributed by atoms with Gasteiger partial charge in [-0.05, 0) is 43.5 Å². The standard InChI is InChI=1S/C21H26N2O4S/c1-3-16-10-11-19-18(14-16)17-8-5-6-9-20(17)28(25,26)23(19)15-21(24)22-12-7-13-27-4-2/h5-6,8-11,14H,3-4,7,12-13,15H2,1-2H3,(H,22,24). The van der Waals surface area contributed by atoms with Crippen LogP contribution in [0, 0.1) is 0 Å². The fourth-order valence-electron chi connectivity index (χ4n) is 3.30. The monoisotopic (exact) mass is 402 g/mol. The number of carbonyl (C=O) groups excluding carboxylic acids is 1. The third-order valence-corrected chi connectivity index (χ3v) is 6.58. The zero-order valence-corrected chi connectivity index (χ0v) is 17.1. The van der Waals surface area contributed by atoms with E-state index in [0.29, 0.717) is 37.4 Å². The van der Waals surface area contributed by atoms with Gasteiger partial charge in [0.15, 0.2) is 0 Å². The number of rotatable bonds is 8. The number of fused-ring (bicyclic) bond motifs is 3. The van der Waals surface area contributed by atoms with E-state index in [0.717, 1.165) is 17.5 Å². The maximum absolute atomic E-state index is 13.2. The van der Waals surface area contributed by atoms with Gasteiger partial charge in [0, 0.05) is 30.9 Å². The molecule has 1 heterocycles. The second-order valence-corrected chi connectivity index (χ2v) is 8.44. The number of carbonyl (C=O) groups is 1. The Morgan fingerprint density at radius 1 is 1.11 bits per heavy atom. The number of sulfonamides is 1. The molecule has 3 rings (SSSR count). The van der Waals surface area contributed by atoms with Crippen molar-refractivity contribution >= 4 is 21.6 Å². The molecule has 1 amide bonds. The summed E-state index contributed by atoms with van der Waals surface area (Å²) in [5.41, 5.74) is 3.18. The number of hydrogen-bond acceptors (Lipinski definition) is 4. The second-order valence-electron chi connectivity index (χ2n) is 6.61. The number of ether oxygens (including phenoxy) is 1. The van der Waals surface area contributed by atoms with Crippen molar-refractivity contribution in [2.45, 2.75) is 31.6 Å². The Balaban J connectivity index is 1.89. The molecule has 0 saturated heterocycles. The summed E-state index contributed by atoms with van der Waals surface area (Å²) in [5, 5.41) is 2.78. The molecule has 0 unspecified atom stereocenters. The predicted molar refractivity (Wildman–Crippen MR) is 110 cm³/mol. The molecule has 0 atom stereocenters. The Kier molecular flexibility index (Phi) is 6.36. The van der Waals surface area contributed by atoms with Crippen molar-refractivity contribution in [2.24, 2.45) is 0 Å². The number of hydrogen-bond donors (Lipinski definition) is 1. The minimum atomic E-state index is -3.80. The van der Waals surface area contributed by atoms with Crippen LogP contribution < -0.4 is 9.62 Å². The van der Waals surface area contributed by atoms with E-state index in [1.807, 2.05) is 31.2 Å². The summed E-state index contributed by atoms with van der Waals surface area (Å²) in [6.45, 7) is 5.37. The average molecular weight is 403 g/mol. The van der Waals surface area contributed by atoms with Crippen molar-refractivity contribution in [3.05, 3.63) is 48.0 Å². The number of aryl methyl sites for hydroxylation is 1. The molecule has 0 aromatic heterocycles. The molecule has 1 aliphatic rings. The minimum Gasteiger partial charge on any atom is -0.382 e. The molecule has 0 saturated carbocycles. The van der Waals surface area contributed by atoms with Gasteiger partial charge in [-0.25, -0.2) is 8.42 Å². The lowest BCUT2D eigenvalue weighted by Gasteiger charge is -2.32. The lowest BCUT2D eigenvalue weighted by molar-refractivity contribution is -0.119. The topological polar surface area (TPSA) is 75.7 Å². The van der Waals surface area contributed by atoms with Crippen LogP contribution in [0.15, 0.2) is 47.4 Å². The molecule has 7 heteroatoms. The first-order chi connectivity index (χ1) is 13.5. The van der Waals surface area contributed by atoms with Crippen LogP contribution in [-0.4, -0.2) is 40.6 Å². The van der Waals surface area contributed by atoms with Gasteiger partial charge in [0.1, 0.15) is 6.54 Å². The van der Waals surface area contributed by atoms with E-state index in [9.17, 15) is 13.2 Å². The van der Waals surface area contributed by atoms with Crippen molar-refractivity contribution in [2.75, 3.05) is 30.6 Å². The molecule has 28 heavy (non-hydrogen) atoms. The van der Waals surface area contributed by atoms with E-state index in [1.54, 1.807) is 18.2 Å². The number of benzene rings is 2. The Bertz CT molecular complexity index is 957. The van der Waals surface area contributed by atoms with Crippen LogP contribution >= 0.6 is 0 Å². The highest BCUT2D eigenvalue weighted by Crippen LogP contribution is 2.43. The summed E-state index contributed by atoms with van der Waals surface area (Å²) in [5.74, 6) is -0.329. The largest absolute Gasteiger partial charge is 0.382 e. The Labute approximate surface area is 166 Å². The van der Waals surface area contributed by atoms with E-state index >= 15 is 0 Å². The maximum Gasteiger partial charge on any atom is 0.265 e. The van der Waals surface area contributed by atoms with Crippen molar-refractivity contribution in [1.82, 2.24) is 5.32 Å². The van der Waals surface area contributed by atoms with Gasteiger partial charge < -0.3 is 10.1 Å². The van der Waals surface area contributed by atoms with Gasteiger partial charge in [-0.1, -0.05) is 31.2 Å². The Hall–Kier alpha value is -2.38. The third-order valence-electron chi connectivity index (χ3n) is 4.76. The van der Waals surface area contributed by atoms with Gasteiger partial charge in [0.05, 0.1) is 10.6 Å². The predicted octanol–water partition coefficient (Wildman–Crippen LogP) is 2.97. The van der Waals surface area contributed by atoms with Crippen molar-refractivity contribution in [3.63, 3.8) is 0 Å². The third kappa shape index (κ3) is 4.05. The number of anilines is 1. The maximum atomic E-state index is 13.2. The molecule has 0 radical (unpaired) electrons. The molecule has 0 aliphatic carbocycles. The van der Waals surface area contributed by atoms with Crippen molar-refractivity contribution in [1.29, 1.82) is 0 Å². The van der Waals surface area contributed by atoms with E-state index in [1.165, 1.54) is 4.31 Å². The van der Waals surface area contributed by atoms with Gasteiger partial charge in [-0.3, -0.25) is 9.10 Å². The van der Waals surface area contributed by atoms with Crippen molar-refractivity contribution < 1.29 is 17.9 Å². The van der Waals surface area contributed by atoms with Gasteiger partial charge in [0.25, 0.3) is 10.0 Å². The molecule has 0 fully saturated rings. The van der Waals surface area contributed by atoms with Crippen LogP contribution in [-0.2, 0) is 26.0 Å². The van der Waals surface area contributed by atoms with Gasteiger partial charge in [-0.15, -0.1) is 0 Å². The smallest absolute Gasteiger partial charge is 0.265 e. The quantitative estimate of drug-likeness (QED) is 0.689. The van der Waals surface area contributed by atoms with E-state index in [4.69, 9.17) is 4.74 Å². The molecular weight excluding hydrogens is 376 g/mol. The lowest BCUT2D eigenvalue weighted by atomic mass is 9.99. The fraction of sp³-hybridized carbons (Fsp3) is 0.381. The molecule has 0 bridgehead atoms. The first-order valence-electron chi connectivity index (χ1n) is 9.58. The summed E-state index contributed by atoms with van der Waals surface area (Å²) in [7, 11) is -3.80. The second kappa shape index (κ2) is 8.75. The normalized spacial score (nSPS) is 14.3. The van der Waals surface area contributed by atoms with Gasteiger partial charge in [-0.2, -0.15) is 0 Å². The zero-order chi connectivity index (χ0) is 20.1. The number of nitrogens with zero attached hydrogens (tertiary/aromatic N) is 1. The molecule has 150 valence electrons. The van der Waals surface area contributed by atoms with E-state index in [-0.39, 0.29) is 17.3 Å². The number of amides is 1. The number of nitrogens with one attached hydrogen (secondary N) is 1. The van der Waals surface area contributed by atoms with Crippen LogP contribution in [0.25, 0.3) is 11.1 Å². The van der Waals surface area contributed by atoms with E-state index < -0.39 is 10.0 Å². The first-order valence-corrected chi connectivity index (χ1v) is 11.0. The molecule has 2 aromatic carbocycles. The summed E-state index contributed by atoms with van der Waals surface area (Å²) in [6.07, 6.45) is 1.54. The molecular formula is C21H26N2O4S. The van der Waals surface area contributed by atoms with Gasteiger partial charge >= 0.3 is 0 Å². The Morgan fingerprint density at radius 3 is 2.64 bits per heavy atom. The highest BCUT2D eigenvalue weighted by molar-refractivity contribution is 7.93. The molecule has 2 aromatic rings. The summed E-state index contributed by atoms with van der Waals surface area (Å²) < 4.78 is 32.9. The highest BCUT2D eigenvalue weighted by Gasteiger charge is 2.35. The van der Waals surface area contributed by atoms with E-state index in [2.05, 4.69) is 12.2 Å². The molecule has 1 N–H and O–H groups in total. The fourth-order valence-corrected chi connectivity index (χ4v) is 4.95. The molecule has 6 nitrogen and oxygen atoms in total. The first kappa shape index (κ1) is 20.4. The van der Waals surface area contributed by atoms with Crippen LogP contribution in [0.5, 0.6) is 0 Å². The minimum absolute atomic E-state index is 0.236. The van der Waals surface area contributed by atoms with Crippen LogP contribution in [0.1, 0.15) is 25.8 Å². The summed E-state index contributed by atoms with van der Waals surface area (Å²) in [4.78, 5) is 12.7. The lowest BCUT2D eigenvalue weighted by Crippen LogP contribution is -2.42. The van der Waals surface area contributed by atoms with Crippen LogP contribution in [0.3, 0.4) is 0 Å². The highest BCUT2D eigenvalue weighted by atomic mass is 32.2. The summed E-state index contributed by atoms with van der Waals surface area (Å²) in [6, 6.07) is 12.7. The zero-order valence-electron chi connectivity index (χ0n) is 16.3. The van der Waals surface area contributed by atoms with Crippen LogP contribution in [0.2, 0.25) is 0 Å². The average Bonchev–Trinajstić information content (AvgIpc) is 2.70. The van der Waals surface area contributed by atoms with Crippen LogP contribution in [0.4, 0.5) is 5.69 Å². The SMILES string of the molecule is CCOCCCNC(=O)CN1c2ccc(CC)cc2-c2ccccc2S1(=O)=O. The van der Waals surface area contributed by atoms with Crippen molar-refractivity contribution in [3.8, 4) is 11.1 Å². The molecule has 1 aliphatic heterocycles. The Morgan fingerprint density at radius 2 is 1.89 bits per heavy atom. The summed E-state index contributed by atoms with van der Waals surface area (Å²) >= 11 is 0.